The van der Waals surface area contributed by atoms with Crippen molar-refractivity contribution in [2.45, 2.75) is 26.8 Å². The Hall–Kier alpha value is -3.85. The molecule has 1 atom stereocenters. The van der Waals surface area contributed by atoms with Gasteiger partial charge in [0.1, 0.15) is 17.2 Å². The van der Waals surface area contributed by atoms with E-state index < -0.39 is 11.5 Å². The second-order valence-corrected chi connectivity index (χ2v) is 8.77. The fourth-order valence-corrected chi connectivity index (χ4v) is 3.36. The first-order chi connectivity index (χ1) is 16.1. The van der Waals surface area contributed by atoms with Crippen LogP contribution in [0.25, 0.3) is 0 Å². The average Bonchev–Trinajstić information content (AvgIpc) is 2.82. The number of nitrogens with one attached hydrogen (secondary N) is 1. The lowest BCUT2D eigenvalue weighted by Gasteiger charge is -2.29. The lowest BCUT2D eigenvalue weighted by Crippen LogP contribution is -2.24. The van der Waals surface area contributed by atoms with E-state index in [-0.39, 0.29) is 34.3 Å². The average molecular weight is 467 g/mol. The number of ether oxygens (including phenoxy) is 1. The molecule has 1 amide bonds. The van der Waals surface area contributed by atoms with E-state index in [1.807, 2.05) is 44.5 Å². The van der Waals surface area contributed by atoms with Crippen molar-refractivity contribution in [2.75, 3.05) is 26.7 Å². The number of carbonyl (C=O) groups excluding carboxylic acids is 3. The van der Waals surface area contributed by atoms with Gasteiger partial charge in [-0.25, -0.2) is 4.99 Å². The highest BCUT2D eigenvalue weighted by Crippen LogP contribution is 2.40. The van der Waals surface area contributed by atoms with Crippen LogP contribution in [0.2, 0.25) is 0 Å². The van der Waals surface area contributed by atoms with E-state index in [1.54, 1.807) is 33.3 Å². The normalized spacial score (nSPS) is 13.1. The smallest absolute Gasteiger partial charge is 0.255 e. The van der Waals surface area contributed by atoms with Crippen molar-refractivity contribution in [3.63, 3.8) is 0 Å². The molecule has 0 heterocycles. The zero-order chi connectivity index (χ0) is 25.5. The molecule has 0 fully saturated rings. The van der Waals surface area contributed by atoms with Crippen LogP contribution in [0.4, 0.5) is 11.4 Å². The molecular formula is C25H30N4O5. The summed E-state index contributed by atoms with van der Waals surface area (Å²) in [4.78, 5) is 46.7. The molecule has 2 N–H and O–H groups in total. The van der Waals surface area contributed by atoms with Crippen LogP contribution in [0.5, 0.6) is 5.75 Å². The van der Waals surface area contributed by atoms with E-state index in [9.17, 15) is 19.6 Å². The minimum absolute atomic E-state index is 0.00268. The summed E-state index contributed by atoms with van der Waals surface area (Å²) in [6.07, 6.45) is 0.874. The van der Waals surface area contributed by atoms with Crippen LogP contribution in [-0.4, -0.2) is 61.2 Å². The van der Waals surface area contributed by atoms with Crippen molar-refractivity contribution in [1.29, 1.82) is 0 Å². The van der Waals surface area contributed by atoms with Gasteiger partial charge < -0.3 is 9.64 Å². The lowest BCUT2D eigenvalue weighted by atomic mass is 9.82. The van der Waals surface area contributed by atoms with Crippen LogP contribution in [0.15, 0.2) is 52.4 Å². The minimum Gasteiger partial charge on any atom is -0.496 e. The van der Waals surface area contributed by atoms with Gasteiger partial charge in [0.25, 0.3) is 5.91 Å². The maximum Gasteiger partial charge on any atom is 0.255 e. The molecule has 0 aromatic heterocycles. The van der Waals surface area contributed by atoms with Gasteiger partial charge in [-0.3, -0.25) is 30.1 Å². The Morgan fingerprint density at radius 3 is 2.24 bits per heavy atom. The minimum atomic E-state index is -0.536. The van der Waals surface area contributed by atoms with E-state index in [0.29, 0.717) is 18.3 Å². The summed E-state index contributed by atoms with van der Waals surface area (Å²) < 4.78 is 5.47. The lowest BCUT2D eigenvalue weighted by molar-refractivity contribution is -0.104. The summed E-state index contributed by atoms with van der Waals surface area (Å²) >= 11 is 0. The predicted octanol–water partition coefficient (Wildman–Crippen LogP) is 3.90. The molecule has 0 bridgehead atoms. The maximum absolute atomic E-state index is 12.5. The number of hydrogen-bond donors (Lipinski definition) is 2. The first kappa shape index (κ1) is 26.4. The van der Waals surface area contributed by atoms with Crippen LogP contribution < -0.4 is 10.2 Å². The Balaban J connectivity index is 2.68. The first-order valence-electron chi connectivity index (χ1n) is 10.5. The molecule has 0 saturated carbocycles. The molecule has 2 aromatic carbocycles. The highest BCUT2D eigenvalue weighted by molar-refractivity contribution is 6.74. The molecule has 180 valence electrons. The molecule has 9 heteroatoms. The molecule has 0 saturated heterocycles. The first-order valence-corrected chi connectivity index (χ1v) is 10.5. The number of methoxy groups -OCH3 is 1. The number of carbonyl (C=O) groups is 3. The van der Waals surface area contributed by atoms with Gasteiger partial charge in [0, 0.05) is 19.7 Å². The molecule has 9 nitrogen and oxygen atoms in total. The summed E-state index contributed by atoms with van der Waals surface area (Å²) in [6.45, 7) is 5.87. The fourth-order valence-electron chi connectivity index (χ4n) is 3.36. The summed E-state index contributed by atoms with van der Waals surface area (Å²) in [5.74, 6) is 0.220. The van der Waals surface area contributed by atoms with Gasteiger partial charge in [-0.2, -0.15) is 0 Å². The SMILES string of the molecule is COc1ccccc1C(N=C(C=O)C(C=O)=Nc1cccc(C(=O)N(C)C)c1NO)C(C)(C)C. The molecule has 0 aliphatic heterocycles. The van der Waals surface area contributed by atoms with Crippen molar-refractivity contribution in [3.05, 3.63) is 53.6 Å². The van der Waals surface area contributed by atoms with Crippen molar-refractivity contribution in [3.8, 4) is 5.75 Å². The Morgan fingerprint density at radius 1 is 1.06 bits per heavy atom. The molecule has 34 heavy (non-hydrogen) atoms. The third-order valence-corrected chi connectivity index (χ3v) is 5.04. The summed E-state index contributed by atoms with van der Waals surface area (Å²) in [6, 6.07) is 11.3. The van der Waals surface area contributed by atoms with Crippen LogP contribution in [0.3, 0.4) is 0 Å². The van der Waals surface area contributed by atoms with Crippen molar-refractivity contribution in [1.82, 2.24) is 4.90 Å². The Labute approximate surface area is 199 Å². The van der Waals surface area contributed by atoms with Crippen molar-refractivity contribution in [2.24, 2.45) is 15.4 Å². The Bertz CT molecular complexity index is 1120. The summed E-state index contributed by atoms with van der Waals surface area (Å²) in [5, 5.41) is 9.68. The molecule has 0 aliphatic carbocycles. The van der Waals surface area contributed by atoms with E-state index >= 15 is 0 Å². The van der Waals surface area contributed by atoms with Gasteiger partial charge in [0.05, 0.1) is 30.1 Å². The van der Waals surface area contributed by atoms with E-state index in [1.165, 1.54) is 17.0 Å². The van der Waals surface area contributed by atoms with Gasteiger partial charge in [0.15, 0.2) is 12.6 Å². The number of nitrogens with zero attached hydrogens (tertiary/aromatic N) is 3. The van der Waals surface area contributed by atoms with Crippen LogP contribution in [-0.2, 0) is 9.59 Å². The van der Waals surface area contributed by atoms with Crippen LogP contribution >= 0.6 is 0 Å². The summed E-state index contributed by atoms with van der Waals surface area (Å²) in [5.41, 5.74) is 2.11. The number of aldehydes is 2. The number of aliphatic imine (C=N–C) groups is 2. The van der Waals surface area contributed by atoms with Crippen LogP contribution in [0, 0.1) is 5.41 Å². The number of hydrogen-bond acceptors (Lipinski definition) is 8. The highest BCUT2D eigenvalue weighted by Gasteiger charge is 2.29. The van der Waals surface area contributed by atoms with Gasteiger partial charge in [0.2, 0.25) is 0 Å². The van der Waals surface area contributed by atoms with E-state index in [2.05, 4.69) is 9.98 Å². The Morgan fingerprint density at radius 2 is 1.71 bits per heavy atom. The van der Waals surface area contributed by atoms with Gasteiger partial charge >= 0.3 is 0 Å². The van der Waals surface area contributed by atoms with E-state index in [0.717, 1.165) is 5.56 Å². The van der Waals surface area contributed by atoms with Gasteiger partial charge in [-0.1, -0.05) is 45.0 Å². The van der Waals surface area contributed by atoms with Gasteiger partial charge in [-0.15, -0.1) is 0 Å². The number of anilines is 1. The molecule has 2 rings (SSSR count). The maximum atomic E-state index is 12.5. The quantitative estimate of drug-likeness (QED) is 0.329. The molecule has 2 aromatic rings. The third kappa shape index (κ3) is 5.93. The molecule has 0 aliphatic rings. The summed E-state index contributed by atoms with van der Waals surface area (Å²) in [7, 11) is 4.68. The number of para-hydroxylation sites is 2. The fraction of sp³-hybridized carbons (Fsp3) is 0.320. The highest BCUT2D eigenvalue weighted by atomic mass is 16.5. The second-order valence-electron chi connectivity index (χ2n) is 8.77. The zero-order valence-electron chi connectivity index (χ0n) is 20.2. The topological polar surface area (TPSA) is 121 Å². The Kier molecular flexibility index (Phi) is 8.80. The molecule has 1 unspecified atom stereocenters. The molecular weight excluding hydrogens is 436 g/mol. The van der Waals surface area contributed by atoms with Crippen LogP contribution in [0.1, 0.15) is 42.7 Å². The second kappa shape index (κ2) is 11.3. The van der Waals surface area contributed by atoms with Crippen molar-refractivity contribution < 1.29 is 24.3 Å². The predicted molar refractivity (Wildman–Crippen MR) is 132 cm³/mol. The largest absolute Gasteiger partial charge is 0.496 e. The standard InChI is InChI=1S/C25H30N4O5/c1-25(2,3)23(16-10-7-8-13-21(16)34-6)27-20(15-31)19(14-30)26-18-12-9-11-17(22(18)28-33)24(32)29(4)5/h7-15,23,28,33H,1-6H3. The monoisotopic (exact) mass is 466 g/mol. The molecule has 0 radical (unpaired) electrons. The van der Waals surface area contributed by atoms with Gasteiger partial charge in [-0.05, 0) is 23.6 Å². The number of amides is 1. The molecule has 0 spiro atoms. The number of rotatable bonds is 9. The third-order valence-electron chi connectivity index (χ3n) is 5.04. The zero-order valence-corrected chi connectivity index (χ0v) is 20.2. The van der Waals surface area contributed by atoms with E-state index in [4.69, 9.17) is 4.74 Å². The number of benzene rings is 2. The van der Waals surface area contributed by atoms with Crippen molar-refractivity contribution >= 4 is 41.3 Å².